The number of hydrogen-bond donors (Lipinski definition) is 1. The fraction of sp³-hybridized carbons (Fsp3) is 0.200. The second kappa shape index (κ2) is 4.46. The predicted molar refractivity (Wildman–Crippen MR) is 66.3 cm³/mol. The zero-order chi connectivity index (χ0) is 12.4. The highest BCUT2D eigenvalue weighted by Crippen LogP contribution is 2.31. The molecule has 0 aliphatic heterocycles. The molecule has 2 heterocycles. The minimum absolute atomic E-state index is 0.0817. The van der Waals surface area contributed by atoms with Gasteiger partial charge in [0.15, 0.2) is 5.69 Å². The number of nitrogens with zero attached hydrogens (tertiary/aromatic N) is 3. The molecule has 0 radical (unpaired) electrons. The summed E-state index contributed by atoms with van der Waals surface area (Å²) in [5, 5.41) is 15.5. The first-order valence-electron chi connectivity index (χ1n) is 4.86. The van der Waals surface area contributed by atoms with Crippen LogP contribution in [-0.2, 0) is 0 Å². The Bertz CT molecular complexity index is 567. The normalized spacial score (nSPS) is 10.2. The molecule has 1 N–H and O–H groups in total. The van der Waals surface area contributed by atoms with Crippen molar-refractivity contribution in [2.75, 3.05) is 12.4 Å². The summed E-state index contributed by atoms with van der Waals surface area (Å²) < 4.78 is 0. The number of nitrogens with one attached hydrogen (secondary N) is 1. The molecule has 6 nitrogen and oxygen atoms in total. The Balaban J connectivity index is 2.60. The minimum Gasteiger partial charge on any atom is -0.357 e. The fourth-order valence-corrected chi connectivity index (χ4v) is 2.10. The predicted octanol–water partition coefficient (Wildman–Crippen LogP) is 2.46. The van der Waals surface area contributed by atoms with Gasteiger partial charge in [-0.3, -0.25) is 10.1 Å². The van der Waals surface area contributed by atoms with Crippen LogP contribution in [0.2, 0.25) is 0 Å². The molecule has 0 spiro atoms. The Morgan fingerprint density at radius 2 is 2.29 bits per heavy atom. The van der Waals surface area contributed by atoms with Gasteiger partial charge in [0.25, 0.3) is 0 Å². The van der Waals surface area contributed by atoms with E-state index >= 15 is 0 Å². The fourth-order valence-electron chi connectivity index (χ4n) is 1.41. The molecular weight excluding hydrogens is 240 g/mol. The van der Waals surface area contributed by atoms with Gasteiger partial charge in [-0.05, 0) is 13.0 Å². The zero-order valence-corrected chi connectivity index (χ0v) is 10.1. The summed E-state index contributed by atoms with van der Waals surface area (Å²) in [5.74, 6) is 0.370. The van der Waals surface area contributed by atoms with Crippen LogP contribution in [0.15, 0.2) is 17.6 Å². The van der Waals surface area contributed by atoms with E-state index in [1.807, 2.05) is 18.4 Å². The number of aryl methyl sites for hydroxylation is 1. The van der Waals surface area contributed by atoms with E-state index in [1.165, 1.54) is 17.5 Å². The summed E-state index contributed by atoms with van der Waals surface area (Å²) in [4.78, 5) is 19.5. The van der Waals surface area contributed by atoms with Gasteiger partial charge in [0.2, 0.25) is 5.95 Å². The maximum atomic E-state index is 10.9. The van der Waals surface area contributed by atoms with Crippen LogP contribution < -0.4 is 5.32 Å². The van der Waals surface area contributed by atoms with Crippen LogP contribution in [0.5, 0.6) is 0 Å². The average molecular weight is 250 g/mol. The van der Waals surface area contributed by atoms with E-state index < -0.39 is 4.92 Å². The molecule has 0 amide bonds. The molecule has 0 fully saturated rings. The molecular formula is C10H10N4O2S. The van der Waals surface area contributed by atoms with Gasteiger partial charge in [-0.1, -0.05) is 0 Å². The van der Waals surface area contributed by atoms with Gasteiger partial charge >= 0.3 is 5.69 Å². The van der Waals surface area contributed by atoms with Gasteiger partial charge in [-0.25, -0.2) is 9.97 Å². The third-order valence-corrected chi connectivity index (χ3v) is 3.06. The van der Waals surface area contributed by atoms with Gasteiger partial charge in [0.05, 0.1) is 4.92 Å². The van der Waals surface area contributed by atoms with Crippen molar-refractivity contribution in [3.8, 4) is 11.3 Å². The monoisotopic (exact) mass is 250 g/mol. The Morgan fingerprint density at radius 1 is 1.53 bits per heavy atom. The molecule has 88 valence electrons. The third kappa shape index (κ3) is 2.23. The Morgan fingerprint density at radius 3 is 2.82 bits per heavy atom. The second-order valence-corrected chi connectivity index (χ2v) is 4.50. The van der Waals surface area contributed by atoms with Gasteiger partial charge in [-0.2, -0.15) is 0 Å². The number of hydrogen-bond acceptors (Lipinski definition) is 6. The zero-order valence-electron chi connectivity index (χ0n) is 9.30. The van der Waals surface area contributed by atoms with Crippen molar-refractivity contribution in [3.05, 3.63) is 32.6 Å². The summed E-state index contributed by atoms with van der Waals surface area (Å²) in [7, 11) is 1.67. The van der Waals surface area contributed by atoms with Crippen LogP contribution >= 0.6 is 11.3 Å². The van der Waals surface area contributed by atoms with Crippen molar-refractivity contribution in [1.82, 2.24) is 9.97 Å². The molecule has 17 heavy (non-hydrogen) atoms. The first-order chi connectivity index (χ1) is 8.11. The Kier molecular flexibility index (Phi) is 3.01. The molecule has 0 aromatic carbocycles. The van der Waals surface area contributed by atoms with Gasteiger partial charge in [-0.15, -0.1) is 11.3 Å². The highest BCUT2D eigenvalue weighted by atomic mass is 32.1. The molecule has 0 saturated carbocycles. The molecule has 0 saturated heterocycles. The molecule has 2 aromatic heterocycles. The standard InChI is InChI=1S/C10H10N4O2S/c1-6-3-7(5-17-6)9-8(14(15)16)4-12-10(11-2)13-9/h3-5H,1-2H3,(H,11,12,13). The molecule has 0 aliphatic rings. The number of aromatic nitrogens is 2. The second-order valence-electron chi connectivity index (χ2n) is 3.38. The van der Waals surface area contributed by atoms with Crippen LogP contribution in [-0.4, -0.2) is 21.9 Å². The largest absolute Gasteiger partial charge is 0.357 e. The van der Waals surface area contributed by atoms with Crippen LogP contribution in [0.25, 0.3) is 11.3 Å². The lowest BCUT2D eigenvalue weighted by molar-refractivity contribution is -0.384. The maximum absolute atomic E-state index is 10.9. The minimum atomic E-state index is -0.470. The van der Waals surface area contributed by atoms with Crippen LogP contribution in [0.3, 0.4) is 0 Å². The molecule has 0 bridgehead atoms. The highest BCUT2D eigenvalue weighted by Gasteiger charge is 2.19. The highest BCUT2D eigenvalue weighted by molar-refractivity contribution is 7.10. The van der Waals surface area contributed by atoms with Crippen molar-refractivity contribution in [1.29, 1.82) is 0 Å². The van der Waals surface area contributed by atoms with E-state index in [-0.39, 0.29) is 5.69 Å². The number of anilines is 1. The number of nitro groups is 1. The molecule has 2 aromatic rings. The van der Waals surface area contributed by atoms with Gasteiger partial charge in [0.1, 0.15) is 6.20 Å². The van der Waals surface area contributed by atoms with E-state index in [0.29, 0.717) is 11.6 Å². The van der Waals surface area contributed by atoms with E-state index in [2.05, 4.69) is 15.3 Å². The van der Waals surface area contributed by atoms with E-state index in [1.54, 1.807) is 7.05 Å². The SMILES string of the molecule is CNc1ncc([N+](=O)[O-])c(-c2csc(C)c2)n1. The van der Waals surface area contributed by atoms with Crippen LogP contribution in [0, 0.1) is 17.0 Å². The molecule has 7 heteroatoms. The molecule has 0 unspecified atom stereocenters. The Labute approximate surface area is 102 Å². The quantitative estimate of drug-likeness (QED) is 0.668. The van der Waals surface area contributed by atoms with E-state index in [0.717, 1.165) is 10.4 Å². The topological polar surface area (TPSA) is 81.0 Å². The maximum Gasteiger partial charge on any atom is 0.313 e. The lowest BCUT2D eigenvalue weighted by Gasteiger charge is -2.02. The summed E-state index contributed by atoms with van der Waals surface area (Å²) in [6.45, 7) is 1.94. The Hall–Kier alpha value is -2.02. The molecule has 0 atom stereocenters. The molecule has 2 rings (SSSR count). The van der Waals surface area contributed by atoms with Crippen molar-refractivity contribution in [3.63, 3.8) is 0 Å². The number of thiophene rings is 1. The van der Waals surface area contributed by atoms with Crippen molar-refractivity contribution in [2.24, 2.45) is 0 Å². The summed E-state index contributed by atoms with van der Waals surface area (Å²) >= 11 is 1.53. The lowest BCUT2D eigenvalue weighted by atomic mass is 10.2. The summed E-state index contributed by atoms with van der Waals surface area (Å²) in [6.07, 6.45) is 1.22. The van der Waals surface area contributed by atoms with Crippen LogP contribution in [0.4, 0.5) is 11.6 Å². The van der Waals surface area contributed by atoms with Gasteiger partial charge < -0.3 is 5.32 Å². The van der Waals surface area contributed by atoms with E-state index in [4.69, 9.17) is 0 Å². The van der Waals surface area contributed by atoms with Gasteiger partial charge in [0, 0.05) is 22.9 Å². The van der Waals surface area contributed by atoms with E-state index in [9.17, 15) is 10.1 Å². The smallest absolute Gasteiger partial charge is 0.313 e. The lowest BCUT2D eigenvalue weighted by Crippen LogP contribution is -2.01. The van der Waals surface area contributed by atoms with Crippen molar-refractivity contribution in [2.45, 2.75) is 6.92 Å². The van der Waals surface area contributed by atoms with Crippen molar-refractivity contribution < 1.29 is 4.92 Å². The van der Waals surface area contributed by atoms with Crippen molar-refractivity contribution >= 4 is 23.0 Å². The van der Waals surface area contributed by atoms with Crippen LogP contribution in [0.1, 0.15) is 4.88 Å². The summed E-state index contributed by atoms with van der Waals surface area (Å²) in [6, 6.07) is 1.87. The molecule has 0 aliphatic carbocycles. The first kappa shape index (κ1) is 11.5. The number of rotatable bonds is 3. The average Bonchev–Trinajstić information content (AvgIpc) is 2.75. The first-order valence-corrected chi connectivity index (χ1v) is 5.74. The summed E-state index contributed by atoms with van der Waals surface area (Å²) in [5.41, 5.74) is 1.01. The third-order valence-electron chi connectivity index (χ3n) is 2.19.